The number of carbonyl (C=O) groups is 1. The lowest BCUT2D eigenvalue weighted by atomic mass is 9.97. The lowest BCUT2D eigenvalue weighted by Gasteiger charge is -2.29. The molecule has 20 heavy (non-hydrogen) atoms. The number of amides is 1. The molecule has 0 radical (unpaired) electrons. The molecule has 0 saturated heterocycles. The predicted octanol–water partition coefficient (Wildman–Crippen LogP) is 3.47. The smallest absolute Gasteiger partial charge is 0.265 e. The first-order valence-electron chi connectivity index (χ1n) is 6.43. The summed E-state index contributed by atoms with van der Waals surface area (Å²) in [5.74, 6) is -0.141. The van der Waals surface area contributed by atoms with Crippen molar-refractivity contribution in [1.82, 2.24) is 10.9 Å². The highest BCUT2D eigenvalue weighted by Gasteiger charge is 2.26. The standard InChI is InChI=1S/C16H18N2OS/c1-3-11-16(2,14-10-7-12-20-14)18-17-15(19)13-8-5-4-6-9-13/h3-10,12,18H,1,11H2,2H3,(H,17,19)/t16-/m1/s1. The Labute approximate surface area is 123 Å². The largest absolute Gasteiger partial charge is 0.287 e. The fourth-order valence-electron chi connectivity index (χ4n) is 1.95. The SMILES string of the molecule is C=CC[C@@](C)(NNC(=O)c1ccccc1)c1cccs1. The summed E-state index contributed by atoms with van der Waals surface area (Å²) in [6.45, 7) is 5.84. The third-order valence-corrected chi connectivity index (χ3v) is 4.24. The minimum absolute atomic E-state index is 0.141. The number of hydrogen-bond donors (Lipinski definition) is 2. The monoisotopic (exact) mass is 286 g/mol. The fourth-order valence-corrected chi connectivity index (χ4v) is 2.81. The molecular formula is C16H18N2OS. The summed E-state index contributed by atoms with van der Waals surface area (Å²) in [6, 6.07) is 13.2. The number of thiophene rings is 1. The van der Waals surface area contributed by atoms with Gasteiger partial charge in [-0.15, -0.1) is 17.9 Å². The zero-order valence-corrected chi connectivity index (χ0v) is 12.2. The van der Waals surface area contributed by atoms with Crippen LogP contribution in [0, 0.1) is 0 Å². The molecule has 1 aromatic carbocycles. The number of carbonyl (C=O) groups excluding carboxylic acids is 1. The van der Waals surface area contributed by atoms with Crippen LogP contribution >= 0.6 is 11.3 Å². The van der Waals surface area contributed by atoms with Gasteiger partial charge in [0.15, 0.2) is 0 Å². The van der Waals surface area contributed by atoms with E-state index >= 15 is 0 Å². The summed E-state index contributed by atoms with van der Waals surface area (Å²) in [7, 11) is 0. The molecule has 1 atom stereocenters. The topological polar surface area (TPSA) is 41.1 Å². The maximum absolute atomic E-state index is 12.1. The highest BCUT2D eigenvalue weighted by atomic mass is 32.1. The van der Waals surface area contributed by atoms with Crippen molar-refractivity contribution in [3.63, 3.8) is 0 Å². The van der Waals surface area contributed by atoms with Crippen molar-refractivity contribution in [2.45, 2.75) is 18.9 Å². The van der Waals surface area contributed by atoms with Gasteiger partial charge in [0.05, 0.1) is 5.54 Å². The first-order chi connectivity index (χ1) is 9.65. The molecule has 0 saturated carbocycles. The number of hydrazine groups is 1. The van der Waals surface area contributed by atoms with Crippen LogP contribution < -0.4 is 10.9 Å². The molecule has 2 aromatic rings. The molecule has 1 aromatic heterocycles. The van der Waals surface area contributed by atoms with Crippen LogP contribution in [0.2, 0.25) is 0 Å². The van der Waals surface area contributed by atoms with Gasteiger partial charge in [-0.25, -0.2) is 5.43 Å². The van der Waals surface area contributed by atoms with Crippen molar-refractivity contribution in [2.24, 2.45) is 0 Å². The number of nitrogens with one attached hydrogen (secondary N) is 2. The molecule has 0 fully saturated rings. The highest BCUT2D eigenvalue weighted by Crippen LogP contribution is 2.28. The zero-order chi connectivity index (χ0) is 14.4. The predicted molar refractivity (Wildman–Crippen MR) is 83.5 cm³/mol. The number of benzene rings is 1. The first kappa shape index (κ1) is 14.5. The minimum Gasteiger partial charge on any atom is -0.287 e. The molecular weight excluding hydrogens is 268 g/mol. The van der Waals surface area contributed by atoms with Crippen LogP contribution in [-0.2, 0) is 5.54 Å². The van der Waals surface area contributed by atoms with Gasteiger partial charge in [0.2, 0.25) is 0 Å². The van der Waals surface area contributed by atoms with E-state index in [2.05, 4.69) is 23.5 Å². The average Bonchev–Trinajstić information content (AvgIpc) is 3.01. The van der Waals surface area contributed by atoms with Gasteiger partial charge >= 0.3 is 0 Å². The summed E-state index contributed by atoms with van der Waals surface area (Å²) in [4.78, 5) is 13.2. The van der Waals surface area contributed by atoms with Gasteiger partial charge in [0.1, 0.15) is 0 Å². The summed E-state index contributed by atoms with van der Waals surface area (Å²) in [6.07, 6.45) is 2.57. The van der Waals surface area contributed by atoms with Crippen LogP contribution in [0.1, 0.15) is 28.6 Å². The second-order valence-electron chi connectivity index (χ2n) is 4.75. The van der Waals surface area contributed by atoms with Crippen molar-refractivity contribution in [1.29, 1.82) is 0 Å². The maximum Gasteiger partial charge on any atom is 0.265 e. The maximum atomic E-state index is 12.1. The van der Waals surface area contributed by atoms with Gasteiger partial charge in [-0.2, -0.15) is 0 Å². The normalized spacial score (nSPS) is 13.4. The van der Waals surface area contributed by atoms with Crippen molar-refractivity contribution < 1.29 is 4.79 Å². The Morgan fingerprint density at radius 1 is 1.30 bits per heavy atom. The van der Waals surface area contributed by atoms with Gasteiger partial charge in [-0.05, 0) is 36.9 Å². The molecule has 2 N–H and O–H groups in total. The average molecular weight is 286 g/mol. The molecule has 2 rings (SSSR count). The van der Waals surface area contributed by atoms with E-state index in [1.54, 1.807) is 23.5 Å². The molecule has 1 heterocycles. The minimum atomic E-state index is -0.347. The van der Waals surface area contributed by atoms with Gasteiger partial charge in [-0.3, -0.25) is 10.2 Å². The summed E-state index contributed by atoms with van der Waals surface area (Å²) in [5, 5.41) is 2.03. The first-order valence-corrected chi connectivity index (χ1v) is 7.31. The highest BCUT2D eigenvalue weighted by molar-refractivity contribution is 7.10. The molecule has 0 spiro atoms. The summed E-state index contributed by atoms with van der Waals surface area (Å²) < 4.78 is 0. The van der Waals surface area contributed by atoms with Crippen molar-refractivity contribution in [2.75, 3.05) is 0 Å². The Balaban J connectivity index is 2.07. The van der Waals surface area contributed by atoms with Gasteiger partial charge < -0.3 is 0 Å². The Morgan fingerprint density at radius 3 is 2.65 bits per heavy atom. The van der Waals surface area contributed by atoms with E-state index in [1.165, 1.54) is 0 Å². The molecule has 4 heteroatoms. The number of rotatable bonds is 6. The summed E-state index contributed by atoms with van der Waals surface area (Å²) in [5.41, 5.74) is 6.20. The molecule has 0 aliphatic heterocycles. The van der Waals surface area contributed by atoms with Crippen LogP contribution in [0.5, 0.6) is 0 Å². The van der Waals surface area contributed by atoms with E-state index in [-0.39, 0.29) is 11.4 Å². The quantitative estimate of drug-likeness (QED) is 0.630. The van der Waals surface area contributed by atoms with E-state index in [0.717, 1.165) is 11.3 Å². The zero-order valence-electron chi connectivity index (χ0n) is 11.4. The van der Waals surface area contributed by atoms with Gasteiger partial charge in [-0.1, -0.05) is 30.3 Å². The van der Waals surface area contributed by atoms with E-state index in [4.69, 9.17) is 0 Å². The fraction of sp³-hybridized carbons (Fsp3) is 0.188. The third kappa shape index (κ3) is 3.35. The Morgan fingerprint density at radius 2 is 2.05 bits per heavy atom. The Bertz CT molecular complexity index is 565. The summed E-state index contributed by atoms with van der Waals surface area (Å²) >= 11 is 1.66. The Hall–Kier alpha value is -1.91. The Kier molecular flexibility index (Phi) is 4.71. The molecule has 3 nitrogen and oxygen atoms in total. The molecule has 0 unspecified atom stereocenters. The molecule has 104 valence electrons. The van der Waals surface area contributed by atoms with Crippen LogP contribution in [0.25, 0.3) is 0 Å². The van der Waals surface area contributed by atoms with Crippen molar-refractivity contribution in [3.8, 4) is 0 Å². The van der Waals surface area contributed by atoms with Crippen LogP contribution in [0.15, 0.2) is 60.5 Å². The third-order valence-electron chi connectivity index (χ3n) is 3.11. The molecule has 0 aliphatic carbocycles. The lowest BCUT2D eigenvalue weighted by Crippen LogP contribution is -2.49. The second-order valence-corrected chi connectivity index (χ2v) is 5.70. The molecule has 0 bridgehead atoms. The molecule has 1 amide bonds. The van der Waals surface area contributed by atoms with Crippen molar-refractivity contribution in [3.05, 3.63) is 70.9 Å². The van der Waals surface area contributed by atoms with Crippen LogP contribution in [0.4, 0.5) is 0 Å². The van der Waals surface area contributed by atoms with Crippen molar-refractivity contribution >= 4 is 17.2 Å². The van der Waals surface area contributed by atoms with E-state index < -0.39 is 0 Å². The number of hydrogen-bond acceptors (Lipinski definition) is 3. The van der Waals surface area contributed by atoms with Gasteiger partial charge in [0, 0.05) is 10.4 Å². The lowest BCUT2D eigenvalue weighted by molar-refractivity contribution is 0.0907. The van der Waals surface area contributed by atoms with Gasteiger partial charge in [0.25, 0.3) is 5.91 Å². The second kappa shape index (κ2) is 6.50. The van der Waals surface area contributed by atoms with E-state index in [1.807, 2.05) is 42.6 Å². The van der Waals surface area contributed by atoms with E-state index in [0.29, 0.717) is 5.56 Å². The molecule has 0 aliphatic rings. The van der Waals surface area contributed by atoms with E-state index in [9.17, 15) is 4.79 Å². The van der Waals surface area contributed by atoms with Crippen LogP contribution in [0.3, 0.4) is 0 Å². The van der Waals surface area contributed by atoms with Crippen LogP contribution in [-0.4, -0.2) is 5.91 Å².